The normalized spacial score (nSPS) is 14.9. The highest BCUT2D eigenvalue weighted by molar-refractivity contribution is 5.78. The van der Waals surface area contributed by atoms with E-state index in [1.807, 2.05) is 13.8 Å². The molecule has 1 aromatic heterocycles. The third-order valence-electron chi connectivity index (χ3n) is 2.98. The standard InChI is InChI=1S/C12H19N3O2/c1-8-11(9(2)17-15-8)7-12(16)14-6-5-13-10-3-4-10/h10,13H,3-7H2,1-2H3,(H,14,16). The molecule has 0 radical (unpaired) electrons. The van der Waals surface area contributed by atoms with E-state index < -0.39 is 0 Å². The Balaban J connectivity index is 1.69. The number of nitrogens with one attached hydrogen (secondary N) is 2. The second-order valence-electron chi connectivity index (χ2n) is 4.56. The van der Waals surface area contributed by atoms with Crippen LogP contribution in [0.3, 0.4) is 0 Å². The minimum Gasteiger partial charge on any atom is -0.361 e. The van der Waals surface area contributed by atoms with E-state index in [1.54, 1.807) is 0 Å². The van der Waals surface area contributed by atoms with Gasteiger partial charge in [-0.2, -0.15) is 0 Å². The fraction of sp³-hybridized carbons (Fsp3) is 0.667. The van der Waals surface area contributed by atoms with Crippen molar-refractivity contribution in [1.29, 1.82) is 0 Å². The Morgan fingerprint density at radius 1 is 1.41 bits per heavy atom. The van der Waals surface area contributed by atoms with Crippen LogP contribution >= 0.6 is 0 Å². The summed E-state index contributed by atoms with van der Waals surface area (Å²) in [6.45, 7) is 5.21. The van der Waals surface area contributed by atoms with E-state index >= 15 is 0 Å². The molecule has 0 bridgehead atoms. The molecule has 1 heterocycles. The van der Waals surface area contributed by atoms with Crippen LogP contribution in [-0.2, 0) is 11.2 Å². The van der Waals surface area contributed by atoms with Gasteiger partial charge in [0.1, 0.15) is 5.76 Å². The zero-order valence-electron chi connectivity index (χ0n) is 10.4. The SMILES string of the molecule is Cc1noc(C)c1CC(=O)NCCNC1CC1. The third-order valence-corrected chi connectivity index (χ3v) is 2.98. The van der Waals surface area contributed by atoms with Gasteiger partial charge in [-0.1, -0.05) is 5.16 Å². The third kappa shape index (κ3) is 3.56. The molecule has 1 saturated carbocycles. The van der Waals surface area contributed by atoms with Crippen LogP contribution in [0.1, 0.15) is 29.9 Å². The van der Waals surface area contributed by atoms with Crippen molar-refractivity contribution in [2.75, 3.05) is 13.1 Å². The second kappa shape index (κ2) is 5.31. The van der Waals surface area contributed by atoms with E-state index in [4.69, 9.17) is 4.52 Å². The molecular weight excluding hydrogens is 218 g/mol. The highest BCUT2D eigenvalue weighted by Gasteiger charge is 2.19. The summed E-state index contributed by atoms with van der Waals surface area (Å²) < 4.78 is 5.02. The average Bonchev–Trinajstić information content (AvgIpc) is 3.07. The van der Waals surface area contributed by atoms with Crippen LogP contribution in [0.25, 0.3) is 0 Å². The quantitative estimate of drug-likeness (QED) is 0.715. The lowest BCUT2D eigenvalue weighted by atomic mass is 10.1. The number of carbonyl (C=O) groups excluding carboxylic acids is 1. The molecule has 5 nitrogen and oxygen atoms in total. The summed E-state index contributed by atoms with van der Waals surface area (Å²) in [6.07, 6.45) is 2.89. The van der Waals surface area contributed by atoms with Gasteiger partial charge in [0.15, 0.2) is 0 Å². The molecule has 17 heavy (non-hydrogen) atoms. The Hall–Kier alpha value is -1.36. The van der Waals surface area contributed by atoms with Gasteiger partial charge in [0.05, 0.1) is 12.1 Å². The highest BCUT2D eigenvalue weighted by atomic mass is 16.5. The number of aryl methyl sites for hydroxylation is 2. The van der Waals surface area contributed by atoms with E-state index in [-0.39, 0.29) is 5.91 Å². The molecule has 0 aromatic carbocycles. The monoisotopic (exact) mass is 237 g/mol. The van der Waals surface area contributed by atoms with E-state index in [0.29, 0.717) is 19.0 Å². The number of hydrogen-bond donors (Lipinski definition) is 2. The number of nitrogens with zero attached hydrogens (tertiary/aromatic N) is 1. The largest absolute Gasteiger partial charge is 0.361 e. The first-order valence-electron chi connectivity index (χ1n) is 6.08. The summed E-state index contributed by atoms with van der Waals surface area (Å²) in [5.74, 6) is 0.755. The smallest absolute Gasteiger partial charge is 0.224 e. The van der Waals surface area contributed by atoms with Crippen molar-refractivity contribution in [3.63, 3.8) is 0 Å². The number of aromatic nitrogens is 1. The number of hydrogen-bond acceptors (Lipinski definition) is 4. The first kappa shape index (κ1) is 12.1. The molecule has 1 aliphatic rings. The van der Waals surface area contributed by atoms with Crippen molar-refractivity contribution in [3.8, 4) is 0 Å². The molecule has 0 aliphatic heterocycles. The predicted octanol–water partition coefficient (Wildman–Crippen LogP) is 0.702. The summed E-state index contributed by atoms with van der Waals surface area (Å²) >= 11 is 0. The van der Waals surface area contributed by atoms with Crippen LogP contribution < -0.4 is 10.6 Å². The molecule has 2 N–H and O–H groups in total. The van der Waals surface area contributed by atoms with Gasteiger partial charge in [-0.05, 0) is 26.7 Å². The summed E-state index contributed by atoms with van der Waals surface area (Å²) in [7, 11) is 0. The molecule has 0 unspecified atom stereocenters. The van der Waals surface area contributed by atoms with Crippen LogP contribution in [0.4, 0.5) is 0 Å². The van der Waals surface area contributed by atoms with Gasteiger partial charge >= 0.3 is 0 Å². The van der Waals surface area contributed by atoms with Gasteiger partial charge in [-0.25, -0.2) is 0 Å². The zero-order chi connectivity index (χ0) is 12.3. The summed E-state index contributed by atoms with van der Waals surface area (Å²) in [5.41, 5.74) is 1.70. The van der Waals surface area contributed by atoms with Gasteiger partial charge in [-0.15, -0.1) is 0 Å². The Labute approximate surface area is 101 Å². The lowest BCUT2D eigenvalue weighted by Gasteiger charge is -2.05. The van der Waals surface area contributed by atoms with Crippen LogP contribution in [0, 0.1) is 13.8 Å². The van der Waals surface area contributed by atoms with Gasteiger partial charge in [0.25, 0.3) is 0 Å². The Morgan fingerprint density at radius 3 is 2.76 bits per heavy atom. The first-order chi connectivity index (χ1) is 8.16. The summed E-state index contributed by atoms with van der Waals surface area (Å²) in [6, 6.07) is 0.689. The maximum atomic E-state index is 11.7. The molecule has 94 valence electrons. The van der Waals surface area contributed by atoms with Crippen molar-refractivity contribution in [2.24, 2.45) is 0 Å². The Bertz CT molecular complexity index is 377. The van der Waals surface area contributed by atoms with Crippen LogP contribution in [0.2, 0.25) is 0 Å². The van der Waals surface area contributed by atoms with Gasteiger partial charge in [-0.3, -0.25) is 4.79 Å². The van der Waals surface area contributed by atoms with E-state index in [2.05, 4.69) is 15.8 Å². The minimum absolute atomic E-state index is 0.0250. The van der Waals surface area contributed by atoms with E-state index in [1.165, 1.54) is 12.8 Å². The van der Waals surface area contributed by atoms with Crippen molar-refractivity contribution < 1.29 is 9.32 Å². The molecule has 0 spiro atoms. The van der Waals surface area contributed by atoms with E-state index in [0.717, 1.165) is 23.6 Å². The molecule has 0 atom stereocenters. The minimum atomic E-state index is 0.0250. The fourth-order valence-corrected chi connectivity index (χ4v) is 1.74. The van der Waals surface area contributed by atoms with Crippen molar-refractivity contribution in [1.82, 2.24) is 15.8 Å². The van der Waals surface area contributed by atoms with Gasteiger partial charge in [0, 0.05) is 24.7 Å². The predicted molar refractivity (Wildman–Crippen MR) is 63.7 cm³/mol. The average molecular weight is 237 g/mol. The lowest BCUT2D eigenvalue weighted by molar-refractivity contribution is -0.120. The summed E-state index contributed by atoms with van der Waals surface area (Å²) in [5, 5.41) is 10.1. The van der Waals surface area contributed by atoms with Crippen molar-refractivity contribution in [3.05, 3.63) is 17.0 Å². The van der Waals surface area contributed by atoms with Gasteiger partial charge in [0.2, 0.25) is 5.91 Å². The number of carbonyl (C=O) groups is 1. The molecule has 1 aliphatic carbocycles. The Kier molecular flexibility index (Phi) is 3.78. The highest BCUT2D eigenvalue weighted by Crippen LogP contribution is 2.17. The zero-order valence-corrected chi connectivity index (χ0v) is 10.4. The van der Waals surface area contributed by atoms with Crippen LogP contribution in [0.5, 0.6) is 0 Å². The lowest BCUT2D eigenvalue weighted by Crippen LogP contribution is -2.33. The summed E-state index contributed by atoms with van der Waals surface area (Å²) in [4.78, 5) is 11.7. The van der Waals surface area contributed by atoms with Crippen molar-refractivity contribution in [2.45, 2.75) is 39.2 Å². The Morgan fingerprint density at radius 2 is 2.18 bits per heavy atom. The molecular formula is C12H19N3O2. The first-order valence-corrected chi connectivity index (χ1v) is 6.08. The topological polar surface area (TPSA) is 67.2 Å². The van der Waals surface area contributed by atoms with Gasteiger partial charge < -0.3 is 15.2 Å². The molecule has 5 heteroatoms. The molecule has 1 amide bonds. The van der Waals surface area contributed by atoms with Crippen LogP contribution in [-0.4, -0.2) is 30.2 Å². The molecule has 0 saturated heterocycles. The number of amides is 1. The number of rotatable bonds is 6. The second-order valence-corrected chi connectivity index (χ2v) is 4.56. The van der Waals surface area contributed by atoms with Crippen LogP contribution in [0.15, 0.2) is 4.52 Å². The molecule has 1 aromatic rings. The van der Waals surface area contributed by atoms with E-state index in [9.17, 15) is 4.79 Å². The maximum Gasteiger partial charge on any atom is 0.224 e. The fourth-order valence-electron chi connectivity index (χ4n) is 1.74. The maximum absolute atomic E-state index is 11.7. The molecule has 1 fully saturated rings. The molecule has 2 rings (SSSR count). The van der Waals surface area contributed by atoms with Crippen molar-refractivity contribution >= 4 is 5.91 Å².